The fraction of sp³-hybridized carbons (Fsp3) is 0.273. The Morgan fingerprint density at radius 1 is 1.07 bits per heavy atom. The predicted octanol–water partition coefficient (Wildman–Crippen LogP) is 3.64. The van der Waals surface area contributed by atoms with Gasteiger partial charge in [0.2, 0.25) is 0 Å². The molecule has 0 unspecified atom stereocenters. The second kappa shape index (κ2) is 8.04. The average Bonchev–Trinajstić information content (AvgIpc) is 3.24. The van der Waals surface area contributed by atoms with Crippen LogP contribution >= 0.6 is 0 Å². The van der Waals surface area contributed by atoms with Crippen LogP contribution in [0.25, 0.3) is 11.3 Å². The number of nitrogens with one attached hydrogen (secondary N) is 2. The largest absolute Gasteiger partial charge is 0.506 e. The molecule has 3 aromatic rings. The number of phenols is 1. The van der Waals surface area contributed by atoms with Crippen LogP contribution in [0.5, 0.6) is 5.75 Å². The van der Waals surface area contributed by atoms with E-state index in [-0.39, 0.29) is 16.3 Å². The molecule has 1 aliphatic rings. The molecule has 2 atom stereocenters. The maximum absolute atomic E-state index is 12.9. The molecule has 0 radical (unpaired) electrons. The Labute approximate surface area is 176 Å². The van der Waals surface area contributed by atoms with E-state index in [9.17, 15) is 13.5 Å². The number of phenolic OH excluding ortho intramolecular Hbond substituents is 1. The number of nitrogens with zero attached hydrogens (tertiary/aromatic N) is 1. The van der Waals surface area contributed by atoms with Gasteiger partial charge in [0.1, 0.15) is 11.5 Å². The zero-order valence-electron chi connectivity index (χ0n) is 16.9. The van der Waals surface area contributed by atoms with Gasteiger partial charge in [0.15, 0.2) is 0 Å². The molecule has 158 valence electrons. The lowest BCUT2D eigenvalue weighted by atomic mass is 10.1. The number of anilines is 2. The van der Waals surface area contributed by atoms with Crippen molar-refractivity contribution in [3.05, 3.63) is 60.9 Å². The van der Waals surface area contributed by atoms with Gasteiger partial charge in [-0.2, -0.15) is 0 Å². The van der Waals surface area contributed by atoms with E-state index in [1.54, 1.807) is 36.6 Å². The van der Waals surface area contributed by atoms with Crippen molar-refractivity contribution in [1.29, 1.82) is 0 Å². The molecule has 2 heterocycles. The van der Waals surface area contributed by atoms with Crippen LogP contribution in [0.3, 0.4) is 0 Å². The minimum absolute atomic E-state index is 0.104. The van der Waals surface area contributed by atoms with Gasteiger partial charge in [0.05, 0.1) is 16.8 Å². The summed E-state index contributed by atoms with van der Waals surface area (Å²) in [6.45, 7) is 5.82. The number of furan rings is 1. The fourth-order valence-electron chi connectivity index (χ4n) is 3.78. The number of hydrogen-bond donors (Lipinski definition) is 3. The molecule has 4 rings (SSSR count). The summed E-state index contributed by atoms with van der Waals surface area (Å²) in [7, 11) is -3.86. The van der Waals surface area contributed by atoms with E-state index >= 15 is 0 Å². The van der Waals surface area contributed by atoms with Gasteiger partial charge in [-0.1, -0.05) is 0 Å². The molecule has 1 aliphatic heterocycles. The van der Waals surface area contributed by atoms with Crippen molar-refractivity contribution in [1.82, 2.24) is 5.32 Å². The molecule has 0 amide bonds. The van der Waals surface area contributed by atoms with Crippen LogP contribution in [-0.4, -0.2) is 38.7 Å². The third kappa shape index (κ3) is 4.29. The smallest absolute Gasteiger partial charge is 0.262 e. The monoisotopic (exact) mass is 427 g/mol. The molecule has 7 nitrogen and oxygen atoms in total. The van der Waals surface area contributed by atoms with Gasteiger partial charge in [0, 0.05) is 36.4 Å². The van der Waals surface area contributed by atoms with Gasteiger partial charge in [0.25, 0.3) is 10.0 Å². The molecule has 2 aromatic carbocycles. The predicted molar refractivity (Wildman–Crippen MR) is 117 cm³/mol. The van der Waals surface area contributed by atoms with E-state index in [0.717, 1.165) is 24.3 Å². The molecule has 8 heteroatoms. The molecule has 1 saturated heterocycles. The highest BCUT2D eigenvalue weighted by molar-refractivity contribution is 7.92. The lowest BCUT2D eigenvalue weighted by Gasteiger charge is -2.37. The number of hydrogen-bond acceptors (Lipinski definition) is 6. The van der Waals surface area contributed by atoms with Gasteiger partial charge < -0.3 is 19.7 Å². The molecular formula is C22H25N3O4S. The van der Waals surface area contributed by atoms with Crippen LogP contribution < -0.4 is 14.9 Å². The van der Waals surface area contributed by atoms with Crippen molar-refractivity contribution in [2.45, 2.75) is 30.8 Å². The van der Waals surface area contributed by atoms with Crippen molar-refractivity contribution in [3.8, 4) is 17.1 Å². The molecule has 1 fully saturated rings. The van der Waals surface area contributed by atoms with Crippen molar-refractivity contribution in [3.63, 3.8) is 0 Å². The summed E-state index contributed by atoms with van der Waals surface area (Å²) in [6, 6.07) is 15.6. The van der Waals surface area contributed by atoms with Crippen LogP contribution in [-0.2, 0) is 10.0 Å². The second-order valence-electron chi connectivity index (χ2n) is 7.68. The zero-order chi connectivity index (χ0) is 21.3. The third-order valence-electron chi connectivity index (χ3n) is 5.12. The first-order valence-electron chi connectivity index (χ1n) is 9.82. The standard InChI is InChI=1S/C22H25N3O4S/c1-15-13-25(14-16(2)23-15)18-7-10-21(26)20(12-18)24-30(27,28)19-8-5-17(6-9-19)22-4-3-11-29-22/h3-12,15-16,23-24,26H,13-14H2,1-2H3/t15-,16+. The van der Waals surface area contributed by atoms with E-state index in [1.807, 2.05) is 6.07 Å². The lowest BCUT2D eigenvalue weighted by Crippen LogP contribution is -2.54. The molecule has 0 saturated carbocycles. The van der Waals surface area contributed by atoms with Crippen LogP contribution in [0.15, 0.2) is 70.2 Å². The fourth-order valence-corrected chi connectivity index (χ4v) is 4.85. The van der Waals surface area contributed by atoms with Crippen molar-refractivity contribution >= 4 is 21.4 Å². The molecule has 0 bridgehead atoms. The first kappa shape index (κ1) is 20.3. The number of rotatable bonds is 5. The van der Waals surface area contributed by atoms with Crippen LogP contribution in [0.4, 0.5) is 11.4 Å². The summed E-state index contributed by atoms with van der Waals surface area (Å²) in [5, 5.41) is 13.7. The first-order valence-corrected chi connectivity index (χ1v) is 11.3. The van der Waals surface area contributed by atoms with Gasteiger partial charge in [-0.25, -0.2) is 8.42 Å². The van der Waals surface area contributed by atoms with E-state index in [1.165, 1.54) is 18.2 Å². The minimum atomic E-state index is -3.86. The Morgan fingerprint density at radius 3 is 2.40 bits per heavy atom. The Balaban J connectivity index is 1.57. The van der Waals surface area contributed by atoms with Crippen LogP contribution in [0, 0.1) is 0 Å². The van der Waals surface area contributed by atoms with E-state index in [0.29, 0.717) is 17.8 Å². The number of piperazine rings is 1. The van der Waals surface area contributed by atoms with Gasteiger partial charge in [-0.05, 0) is 68.4 Å². The summed E-state index contributed by atoms with van der Waals surface area (Å²) >= 11 is 0. The molecule has 30 heavy (non-hydrogen) atoms. The van der Waals surface area contributed by atoms with Gasteiger partial charge >= 0.3 is 0 Å². The molecule has 1 aromatic heterocycles. The lowest BCUT2D eigenvalue weighted by molar-refractivity contribution is 0.407. The van der Waals surface area contributed by atoms with Crippen molar-refractivity contribution in [2.24, 2.45) is 0 Å². The van der Waals surface area contributed by atoms with Gasteiger partial charge in [-0.3, -0.25) is 4.72 Å². The normalized spacial score (nSPS) is 19.6. The van der Waals surface area contributed by atoms with Crippen molar-refractivity contribution < 1.29 is 17.9 Å². The average molecular weight is 428 g/mol. The summed E-state index contributed by atoms with van der Waals surface area (Å²) in [6.07, 6.45) is 1.57. The Kier molecular flexibility index (Phi) is 5.44. The van der Waals surface area contributed by atoms with E-state index < -0.39 is 10.0 Å². The second-order valence-corrected chi connectivity index (χ2v) is 9.36. The molecule has 3 N–H and O–H groups in total. The highest BCUT2D eigenvalue weighted by Gasteiger charge is 2.23. The van der Waals surface area contributed by atoms with Crippen LogP contribution in [0.1, 0.15) is 13.8 Å². The Hall–Kier alpha value is -2.97. The highest BCUT2D eigenvalue weighted by Crippen LogP contribution is 2.32. The molecular weight excluding hydrogens is 402 g/mol. The Morgan fingerprint density at radius 2 is 1.77 bits per heavy atom. The maximum Gasteiger partial charge on any atom is 0.262 e. The number of benzene rings is 2. The maximum atomic E-state index is 12.9. The first-order chi connectivity index (χ1) is 14.3. The molecule has 0 spiro atoms. The number of sulfonamides is 1. The summed E-state index contributed by atoms with van der Waals surface area (Å²) in [5.41, 5.74) is 1.80. The topological polar surface area (TPSA) is 94.8 Å². The number of aromatic hydroxyl groups is 1. The van der Waals surface area contributed by atoms with E-state index in [2.05, 4.69) is 28.8 Å². The summed E-state index contributed by atoms with van der Waals surface area (Å²) in [4.78, 5) is 2.29. The zero-order valence-corrected chi connectivity index (χ0v) is 17.7. The molecule has 0 aliphatic carbocycles. The summed E-state index contributed by atoms with van der Waals surface area (Å²) in [5.74, 6) is 0.544. The summed E-state index contributed by atoms with van der Waals surface area (Å²) < 4.78 is 33.6. The SMILES string of the molecule is C[C@@H]1CN(c2ccc(O)c(NS(=O)(=O)c3ccc(-c4ccco4)cc3)c2)C[C@H](C)N1. The minimum Gasteiger partial charge on any atom is -0.506 e. The van der Waals surface area contributed by atoms with Crippen LogP contribution in [0.2, 0.25) is 0 Å². The van der Waals surface area contributed by atoms with Crippen molar-refractivity contribution in [2.75, 3.05) is 22.7 Å². The van der Waals surface area contributed by atoms with E-state index in [4.69, 9.17) is 4.42 Å². The highest BCUT2D eigenvalue weighted by atomic mass is 32.2. The quantitative estimate of drug-likeness (QED) is 0.538. The third-order valence-corrected chi connectivity index (χ3v) is 6.50. The Bertz CT molecular complexity index is 1100. The van der Waals surface area contributed by atoms with Gasteiger partial charge in [-0.15, -0.1) is 0 Å².